The number of halogens is 1. The van der Waals surface area contributed by atoms with E-state index in [1.165, 1.54) is 6.33 Å². The van der Waals surface area contributed by atoms with Gasteiger partial charge in [0.1, 0.15) is 47.0 Å². The lowest BCUT2D eigenvalue weighted by Crippen LogP contribution is -2.38. The fourth-order valence-corrected chi connectivity index (χ4v) is 6.51. The standard InChI is InChI=1S/C35H31ClN6O4/c1-34(2)45-29-27(18-25(36)19-37)44-33(30(29)46-34)42-21-40-28-31(38-20-39-32(28)42)41-35(22-10-6-4-7-11-22,23-12-8-5-9-13-23)24-14-16-26(43-3)17-15-24/h4-18,20-21,27,29-30,33H,1-3H3,(H,38,39,41)/b25-18+/t27-,29-,30-,33-/m1/s1. The van der Waals surface area contributed by atoms with Gasteiger partial charge in [-0.25, -0.2) is 15.0 Å². The Labute approximate surface area is 271 Å². The van der Waals surface area contributed by atoms with Gasteiger partial charge in [-0.1, -0.05) is 84.4 Å². The number of rotatable bonds is 8. The molecule has 2 saturated heterocycles. The molecule has 0 unspecified atom stereocenters. The van der Waals surface area contributed by atoms with Crippen molar-refractivity contribution >= 4 is 28.6 Å². The Kier molecular flexibility index (Phi) is 7.71. The lowest BCUT2D eigenvalue weighted by molar-refractivity contribution is -0.191. The Morgan fingerprint density at radius 2 is 1.57 bits per heavy atom. The van der Waals surface area contributed by atoms with Gasteiger partial charge in [-0.2, -0.15) is 5.26 Å². The zero-order valence-electron chi connectivity index (χ0n) is 25.4. The smallest absolute Gasteiger partial charge is 0.167 e. The van der Waals surface area contributed by atoms with Crippen LogP contribution < -0.4 is 10.1 Å². The van der Waals surface area contributed by atoms with Gasteiger partial charge in [0.25, 0.3) is 0 Å². The van der Waals surface area contributed by atoms with Gasteiger partial charge in [0, 0.05) is 0 Å². The lowest BCUT2D eigenvalue weighted by Gasteiger charge is -2.37. The molecule has 0 bridgehead atoms. The molecule has 5 aromatic rings. The number of aromatic nitrogens is 4. The van der Waals surface area contributed by atoms with Gasteiger partial charge in [0.05, 0.1) is 13.4 Å². The third-order valence-electron chi connectivity index (χ3n) is 8.36. The van der Waals surface area contributed by atoms with Crippen LogP contribution in [-0.4, -0.2) is 50.7 Å². The van der Waals surface area contributed by atoms with E-state index in [0.717, 1.165) is 22.4 Å². The second-order valence-corrected chi connectivity index (χ2v) is 12.0. The number of fused-ring (bicyclic) bond motifs is 2. The van der Waals surface area contributed by atoms with E-state index in [1.807, 2.05) is 73.0 Å². The Morgan fingerprint density at radius 3 is 2.20 bits per heavy atom. The maximum absolute atomic E-state index is 9.30. The highest BCUT2D eigenvalue weighted by molar-refractivity contribution is 6.31. The van der Waals surface area contributed by atoms with Crippen LogP contribution in [-0.2, 0) is 19.7 Å². The number of hydrogen-bond acceptors (Lipinski definition) is 9. The van der Waals surface area contributed by atoms with Crippen LogP contribution in [0.4, 0.5) is 5.82 Å². The highest BCUT2D eigenvalue weighted by Gasteiger charge is 2.55. The van der Waals surface area contributed by atoms with Crippen molar-refractivity contribution in [3.8, 4) is 11.8 Å². The Balaban J connectivity index is 1.36. The maximum atomic E-state index is 9.30. The molecule has 0 amide bonds. The largest absolute Gasteiger partial charge is 0.497 e. The maximum Gasteiger partial charge on any atom is 0.167 e. The zero-order valence-corrected chi connectivity index (χ0v) is 26.1. The summed E-state index contributed by atoms with van der Waals surface area (Å²) in [5.74, 6) is 0.418. The molecule has 46 heavy (non-hydrogen) atoms. The van der Waals surface area contributed by atoms with Gasteiger partial charge in [-0.3, -0.25) is 4.57 Å². The number of benzene rings is 3. The number of nitriles is 1. The molecule has 4 atom stereocenters. The SMILES string of the molecule is COc1ccc(C(Nc2ncnc3c2ncn3[C@@H]2O[C@H](/C=C(/Cl)C#N)[C@H]3OC(C)(C)O[C@H]32)(c2ccccc2)c2ccccc2)cc1. The molecule has 0 aliphatic carbocycles. The number of nitrogens with zero attached hydrogens (tertiary/aromatic N) is 5. The van der Waals surface area contributed by atoms with Crippen molar-refractivity contribution in [3.05, 3.63) is 125 Å². The van der Waals surface area contributed by atoms with Crippen molar-refractivity contribution in [2.24, 2.45) is 0 Å². The summed E-state index contributed by atoms with van der Waals surface area (Å²) >= 11 is 6.09. The molecule has 0 spiro atoms. The van der Waals surface area contributed by atoms with Crippen molar-refractivity contribution in [2.75, 3.05) is 12.4 Å². The summed E-state index contributed by atoms with van der Waals surface area (Å²) in [5, 5.41) is 13.1. The second kappa shape index (κ2) is 11.9. The average Bonchev–Trinajstić information content (AvgIpc) is 3.75. The molecule has 10 nitrogen and oxygen atoms in total. The number of nitrogens with one attached hydrogen (secondary N) is 1. The minimum atomic E-state index is -0.870. The summed E-state index contributed by atoms with van der Waals surface area (Å²) < 4.78 is 26.2. The van der Waals surface area contributed by atoms with Gasteiger partial charge in [-0.05, 0) is 48.7 Å². The second-order valence-electron chi connectivity index (χ2n) is 11.6. The molecule has 0 saturated carbocycles. The first-order valence-corrected chi connectivity index (χ1v) is 15.2. The molecule has 11 heteroatoms. The summed E-state index contributed by atoms with van der Waals surface area (Å²) in [6.45, 7) is 3.69. The van der Waals surface area contributed by atoms with Gasteiger partial charge in [0.2, 0.25) is 0 Å². The summed E-state index contributed by atoms with van der Waals surface area (Å²) in [6, 6.07) is 30.4. The molecular formula is C35H31ClN6O4. The molecular weight excluding hydrogens is 604 g/mol. The fourth-order valence-electron chi connectivity index (χ4n) is 6.39. The number of methoxy groups -OCH3 is 1. The summed E-state index contributed by atoms with van der Waals surface area (Å²) in [5.41, 5.74) is 3.19. The topological polar surface area (TPSA) is 116 Å². The van der Waals surface area contributed by atoms with E-state index in [4.69, 9.17) is 40.5 Å². The minimum absolute atomic E-state index is 0.0127. The molecule has 2 aliphatic heterocycles. The highest BCUT2D eigenvalue weighted by Crippen LogP contribution is 2.45. The average molecular weight is 635 g/mol. The van der Waals surface area contributed by atoms with Crippen LogP contribution in [0, 0.1) is 11.3 Å². The molecule has 1 N–H and O–H groups in total. The van der Waals surface area contributed by atoms with E-state index in [1.54, 1.807) is 19.5 Å². The minimum Gasteiger partial charge on any atom is -0.497 e. The quantitative estimate of drug-likeness (QED) is 0.155. The van der Waals surface area contributed by atoms with Crippen molar-refractivity contribution in [3.63, 3.8) is 0 Å². The van der Waals surface area contributed by atoms with E-state index in [9.17, 15) is 5.26 Å². The normalized spacial score (nSPS) is 22.4. The Morgan fingerprint density at radius 1 is 0.935 bits per heavy atom. The van der Waals surface area contributed by atoms with Crippen LogP contribution in [0.1, 0.15) is 36.8 Å². The molecule has 4 heterocycles. The van der Waals surface area contributed by atoms with E-state index in [-0.39, 0.29) is 5.03 Å². The first-order chi connectivity index (χ1) is 22.3. The molecule has 232 valence electrons. The molecule has 7 rings (SSSR count). The number of ether oxygens (including phenoxy) is 4. The number of hydrogen-bond donors (Lipinski definition) is 1. The first kappa shape index (κ1) is 29.9. The fraction of sp³-hybridized carbons (Fsp3) is 0.257. The lowest BCUT2D eigenvalue weighted by atomic mass is 9.77. The number of imidazole rings is 1. The molecule has 2 fully saturated rings. The van der Waals surface area contributed by atoms with Crippen LogP contribution in [0.25, 0.3) is 11.2 Å². The van der Waals surface area contributed by atoms with Gasteiger partial charge in [0.15, 0.2) is 29.0 Å². The highest BCUT2D eigenvalue weighted by atomic mass is 35.5. The van der Waals surface area contributed by atoms with Crippen LogP contribution in [0.15, 0.2) is 109 Å². The van der Waals surface area contributed by atoms with E-state index < -0.39 is 35.9 Å². The third kappa shape index (κ3) is 5.17. The van der Waals surface area contributed by atoms with Crippen LogP contribution >= 0.6 is 11.6 Å². The van der Waals surface area contributed by atoms with Crippen molar-refractivity contribution in [1.82, 2.24) is 19.5 Å². The predicted molar refractivity (Wildman–Crippen MR) is 172 cm³/mol. The van der Waals surface area contributed by atoms with Gasteiger partial charge < -0.3 is 24.3 Å². The molecule has 0 radical (unpaired) electrons. The van der Waals surface area contributed by atoms with E-state index >= 15 is 0 Å². The zero-order chi connectivity index (χ0) is 31.9. The summed E-state index contributed by atoms with van der Waals surface area (Å²) in [4.78, 5) is 14.1. The Bertz CT molecular complexity index is 1880. The molecule has 3 aromatic carbocycles. The van der Waals surface area contributed by atoms with Crippen molar-refractivity contribution < 1.29 is 18.9 Å². The summed E-state index contributed by atoms with van der Waals surface area (Å²) in [6.07, 6.45) is 2.46. The molecule has 2 aromatic heterocycles. The van der Waals surface area contributed by atoms with E-state index in [2.05, 4.69) is 46.7 Å². The van der Waals surface area contributed by atoms with Gasteiger partial charge >= 0.3 is 0 Å². The van der Waals surface area contributed by atoms with Crippen LogP contribution in [0.3, 0.4) is 0 Å². The van der Waals surface area contributed by atoms with Crippen molar-refractivity contribution in [2.45, 2.75) is 49.7 Å². The number of allylic oxidation sites excluding steroid dienone is 1. The predicted octanol–water partition coefficient (Wildman–Crippen LogP) is 6.30. The van der Waals surface area contributed by atoms with Crippen LogP contribution in [0.2, 0.25) is 0 Å². The van der Waals surface area contributed by atoms with Crippen LogP contribution in [0.5, 0.6) is 5.75 Å². The third-order valence-corrected chi connectivity index (χ3v) is 8.57. The first-order valence-electron chi connectivity index (χ1n) is 14.8. The van der Waals surface area contributed by atoms with Crippen molar-refractivity contribution in [1.29, 1.82) is 5.26 Å². The monoisotopic (exact) mass is 634 g/mol. The summed E-state index contributed by atoms with van der Waals surface area (Å²) in [7, 11) is 1.65. The number of anilines is 1. The van der Waals surface area contributed by atoms with Gasteiger partial charge in [-0.15, -0.1) is 0 Å². The Hall–Kier alpha value is -4.79. The van der Waals surface area contributed by atoms with E-state index in [0.29, 0.717) is 17.0 Å². The molecule has 2 aliphatic rings.